The van der Waals surface area contributed by atoms with Gasteiger partial charge in [-0.2, -0.15) is 0 Å². The van der Waals surface area contributed by atoms with Crippen molar-refractivity contribution in [3.05, 3.63) is 0 Å². The van der Waals surface area contributed by atoms with Crippen LogP contribution in [0.15, 0.2) is 0 Å². The lowest BCUT2D eigenvalue weighted by molar-refractivity contribution is -0.0429. The molecule has 0 bridgehead atoms. The molecule has 0 aromatic carbocycles. The Morgan fingerprint density at radius 3 is 2.75 bits per heavy atom. The standard InChI is InChI=1S/C13H25NO2/c1-9-5-10(2)13(12(14)6-9)16-8-11-3-4-15-7-11/h9-13H,3-8,14H2,1-2H3. The number of hydrogen-bond donors (Lipinski definition) is 1. The van der Waals surface area contributed by atoms with Gasteiger partial charge in [0.25, 0.3) is 0 Å². The fraction of sp³-hybridized carbons (Fsp3) is 1.00. The zero-order valence-electron chi connectivity index (χ0n) is 10.5. The largest absolute Gasteiger partial charge is 0.381 e. The van der Waals surface area contributed by atoms with E-state index in [0.29, 0.717) is 11.8 Å². The Kier molecular flexibility index (Phi) is 4.22. The summed E-state index contributed by atoms with van der Waals surface area (Å²) >= 11 is 0. The lowest BCUT2D eigenvalue weighted by Gasteiger charge is -2.37. The number of ether oxygens (including phenoxy) is 2. The second kappa shape index (κ2) is 5.48. The summed E-state index contributed by atoms with van der Waals surface area (Å²) in [6.45, 7) is 7.16. The zero-order valence-corrected chi connectivity index (χ0v) is 10.5. The Hall–Kier alpha value is -0.120. The molecule has 1 aliphatic carbocycles. The van der Waals surface area contributed by atoms with Crippen LogP contribution in [0.1, 0.15) is 33.1 Å². The predicted octanol–water partition coefficient (Wildman–Crippen LogP) is 1.80. The van der Waals surface area contributed by atoms with E-state index in [1.54, 1.807) is 0 Å². The lowest BCUT2D eigenvalue weighted by Crippen LogP contribution is -2.47. The highest BCUT2D eigenvalue weighted by atomic mass is 16.5. The minimum absolute atomic E-state index is 0.223. The van der Waals surface area contributed by atoms with Crippen LogP contribution >= 0.6 is 0 Å². The Morgan fingerprint density at radius 1 is 1.31 bits per heavy atom. The summed E-state index contributed by atoms with van der Waals surface area (Å²) in [4.78, 5) is 0. The third kappa shape index (κ3) is 2.96. The minimum Gasteiger partial charge on any atom is -0.381 e. The molecule has 0 aromatic rings. The molecule has 0 radical (unpaired) electrons. The molecule has 3 heteroatoms. The van der Waals surface area contributed by atoms with E-state index < -0.39 is 0 Å². The van der Waals surface area contributed by atoms with Gasteiger partial charge in [-0.25, -0.2) is 0 Å². The predicted molar refractivity (Wildman–Crippen MR) is 64.2 cm³/mol. The van der Waals surface area contributed by atoms with Crippen LogP contribution in [0.4, 0.5) is 0 Å². The van der Waals surface area contributed by atoms with E-state index in [9.17, 15) is 0 Å². The molecule has 1 saturated carbocycles. The third-order valence-corrected chi connectivity index (χ3v) is 3.98. The molecule has 2 aliphatic rings. The van der Waals surface area contributed by atoms with Crippen molar-refractivity contribution >= 4 is 0 Å². The highest BCUT2D eigenvalue weighted by Gasteiger charge is 2.33. The van der Waals surface area contributed by atoms with Crippen molar-refractivity contribution in [2.45, 2.75) is 45.3 Å². The maximum atomic E-state index is 6.19. The summed E-state index contributed by atoms with van der Waals surface area (Å²) in [6.07, 6.45) is 3.76. The second-order valence-corrected chi connectivity index (χ2v) is 5.75. The van der Waals surface area contributed by atoms with Crippen molar-refractivity contribution in [2.24, 2.45) is 23.5 Å². The van der Waals surface area contributed by atoms with Crippen molar-refractivity contribution in [3.63, 3.8) is 0 Å². The van der Waals surface area contributed by atoms with Gasteiger partial charge in [0.05, 0.1) is 19.3 Å². The third-order valence-electron chi connectivity index (χ3n) is 3.98. The smallest absolute Gasteiger partial charge is 0.0751 e. The number of rotatable bonds is 3. The maximum absolute atomic E-state index is 6.19. The Labute approximate surface area is 98.7 Å². The molecule has 94 valence electrons. The average molecular weight is 227 g/mol. The van der Waals surface area contributed by atoms with Gasteiger partial charge in [0, 0.05) is 18.6 Å². The molecule has 5 unspecified atom stereocenters. The SMILES string of the molecule is CC1CC(C)C(OCC2CCOC2)C(N)C1. The highest BCUT2D eigenvalue weighted by Crippen LogP contribution is 2.30. The van der Waals surface area contributed by atoms with Gasteiger partial charge in [-0.15, -0.1) is 0 Å². The van der Waals surface area contributed by atoms with Crippen LogP contribution in [0.3, 0.4) is 0 Å². The van der Waals surface area contributed by atoms with E-state index in [4.69, 9.17) is 15.2 Å². The first-order valence-electron chi connectivity index (χ1n) is 6.61. The van der Waals surface area contributed by atoms with Crippen LogP contribution < -0.4 is 5.73 Å². The summed E-state index contributed by atoms with van der Waals surface area (Å²) in [7, 11) is 0. The Morgan fingerprint density at radius 2 is 2.12 bits per heavy atom. The first-order chi connectivity index (χ1) is 7.66. The molecule has 0 spiro atoms. The molecule has 0 aromatic heterocycles. The molecule has 3 nitrogen and oxygen atoms in total. The van der Waals surface area contributed by atoms with Crippen LogP contribution in [-0.4, -0.2) is 32.0 Å². The van der Waals surface area contributed by atoms with Crippen LogP contribution in [0, 0.1) is 17.8 Å². The molecule has 5 atom stereocenters. The van der Waals surface area contributed by atoms with E-state index in [-0.39, 0.29) is 12.1 Å². The van der Waals surface area contributed by atoms with Gasteiger partial charge in [-0.05, 0) is 31.1 Å². The van der Waals surface area contributed by atoms with Crippen LogP contribution in [-0.2, 0) is 9.47 Å². The van der Waals surface area contributed by atoms with Crippen LogP contribution in [0.2, 0.25) is 0 Å². The first-order valence-corrected chi connectivity index (χ1v) is 6.61. The van der Waals surface area contributed by atoms with Crippen molar-refractivity contribution in [1.29, 1.82) is 0 Å². The van der Waals surface area contributed by atoms with Gasteiger partial charge in [0.2, 0.25) is 0 Å². The van der Waals surface area contributed by atoms with Gasteiger partial charge < -0.3 is 15.2 Å². The molecule has 2 rings (SSSR count). The van der Waals surface area contributed by atoms with Crippen molar-refractivity contribution < 1.29 is 9.47 Å². The van der Waals surface area contributed by atoms with E-state index in [1.165, 1.54) is 6.42 Å². The highest BCUT2D eigenvalue weighted by molar-refractivity contribution is 4.86. The van der Waals surface area contributed by atoms with Gasteiger partial charge in [-0.1, -0.05) is 13.8 Å². The monoisotopic (exact) mass is 227 g/mol. The summed E-state index contributed by atoms with van der Waals surface area (Å²) < 4.78 is 11.4. The van der Waals surface area contributed by atoms with Crippen LogP contribution in [0.5, 0.6) is 0 Å². The minimum atomic E-state index is 0.223. The molecule has 1 saturated heterocycles. The van der Waals surface area contributed by atoms with E-state index >= 15 is 0 Å². The Balaban J connectivity index is 1.78. The van der Waals surface area contributed by atoms with Crippen molar-refractivity contribution in [1.82, 2.24) is 0 Å². The molecule has 0 amide bonds. The van der Waals surface area contributed by atoms with E-state index in [2.05, 4.69) is 13.8 Å². The van der Waals surface area contributed by atoms with Gasteiger partial charge in [-0.3, -0.25) is 0 Å². The summed E-state index contributed by atoms with van der Waals surface area (Å²) in [5.74, 6) is 1.94. The van der Waals surface area contributed by atoms with E-state index in [1.807, 2.05) is 0 Å². The summed E-state index contributed by atoms with van der Waals surface area (Å²) in [5, 5.41) is 0. The normalized spacial score (nSPS) is 44.8. The van der Waals surface area contributed by atoms with Gasteiger partial charge in [0.15, 0.2) is 0 Å². The summed E-state index contributed by atoms with van der Waals surface area (Å²) in [6, 6.07) is 0.223. The fourth-order valence-corrected chi connectivity index (χ4v) is 3.14. The lowest BCUT2D eigenvalue weighted by atomic mass is 9.78. The average Bonchev–Trinajstić information content (AvgIpc) is 2.68. The van der Waals surface area contributed by atoms with Gasteiger partial charge >= 0.3 is 0 Å². The van der Waals surface area contributed by atoms with Crippen molar-refractivity contribution in [2.75, 3.05) is 19.8 Å². The molecule has 1 heterocycles. The number of hydrogen-bond acceptors (Lipinski definition) is 3. The first kappa shape index (κ1) is 12.3. The molecular formula is C13H25NO2. The topological polar surface area (TPSA) is 44.5 Å². The Bertz CT molecular complexity index is 204. The fourth-order valence-electron chi connectivity index (χ4n) is 3.14. The maximum Gasteiger partial charge on any atom is 0.0751 e. The molecule has 1 aliphatic heterocycles. The van der Waals surface area contributed by atoms with Crippen molar-refractivity contribution in [3.8, 4) is 0 Å². The van der Waals surface area contributed by atoms with Crippen LogP contribution in [0.25, 0.3) is 0 Å². The zero-order chi connectivity index (χ0) is 11.5. The van der Waals surface area contributed by atoms with E-state index in [0.717, 1.165) is 38.6 Å². The summed E-state index contributed by atoms with van der Waals surface area (Å²) in [5.41, 5.74) is 6.19. The quantitative estimate of drug-likeness (QED) is 0.799. The molecule has 2 N–H and O–H groups in total. The molecule has 2 fully saturated rings. The second-order valence-electron chi connectivity index (χ2n) is 5.75. The van der Waals surface area contributed by atoms with Gasteiger partial charge in [0.1, 0.15) is 0 Å². The molecular weight excluding hydrogens is 202 g/mol. The number of nitrogens with two attached hydrogens (primary N) is 1. The molecule has 16 heavy (non-hydrogen) atoms.